The van der Waals surface area contributed by atoms with Gasteiger partial charge in [0.15, 0.2) is 0 Å². The van der Waals surface area contributed by atoms with E-state index in [2.05, 4.69) is 18.7 Å². The van der Waals surface area contributed by atoms with Crippen molar-refractivity contribution in [3.05, 3.63) is 29.1 Å². The lowest BCUT2D eigenvalue weighted by molar-refractivity contribution is 0.0516. The zero-order valence-electron chi connectivity index (χ0n) is 11.9. The lowest BCUT2D eigenvalue weighted by Gasteiger charge is -2.38. The van der Waals surface area contributed by atoms with Crippen LogP contribution in [-0.4, -0.2) is 22.9 Å². The van der Waals surface area contributed by atoms with Crippen LogP contribution in [0.3, 0.4) is 0 Å². The van der Waals surface area contributed by atoms with E-state index < -0.39 is 0 Å². The smallest absolute Gasteiger partial charge is 0.264 e. The van der Waals surface area contributed by atoms with Crippen LogP contribution in [0.4, 0.5) is 5.69 Å². The first kappa shape index (κ1) is 13.4. The summed E-state index contributed by atoms with van der Waals surface area (Å²) in [5, 5.41) is 1.07. The van der Waals surface area contributed by atoms with E-state index >= 15 is 0 Å². The molecule has 2 heterocycles. The second-order valence-electron chi connectivity index (χ2n) is 5.75. The van der Waals surface area contributed by atoms with Crippen LogP contribution in [0, 0.1) is 0 Å². The summed E-state index contributed by atoms with van der Waals surface area (Å²) in [6.07, 6.45) is 3.43. The van der Waals surface area contributed by atoms with Crippen molar-refractivity contribution >= 4 is 33.0 Å². The highest BCUT2D eigenvalue weighted by atomic mass is 32.1. The maximum absolute atomic E-state index is 12.8. The number of carbonyl (C=O) groups excluding carboxylic acids is 1. The molecule has 1 aliphatic heterocycles. The number of rotatable bonds is 1. The summed E-state index contributed by atoms with van der Waals surface area (Å²) in [7, 11) is 0. The maximum atomic E-state index is 12.8. The van der Waals surface area contributed by atoms with Crippen LogP contribution in [-0.2, 0) is 0 Å². The second-order valence-corrected chi connectivity index (χ2v) is 6.83. The number of nitrogens with zero attached hydrogens (tertiary/aromatic N) is 1. The molecule has 0 saturated carbocycles. The molecule has 0 aliphatic carbocycles. The fraction of sp³-hybridized carbons (Fsp3) is 0.438. The minimum atomic E-state index is 0.171. The summed E-state index contributed by atoms with van der Waals surface area (Å²) < 4.78 is 1.12. The van der Waals surface area contributed by atoms with E-state index in [-0.39, 0.29) is 5.91 Å². The van der Waals surface area contributed by atoms with E-state index in [0.717, 1.165) is 33.5 Å². The number of nitrogen functional groups attached to an aromatic ring is 1. The van der Waals surface area contributed by atoms with Gasteiger partial charge in [0.25, 0.3) is 5.91 Å². The summed E-state index contributed by atoms with van der Waals surface area (Å²) in [5.74, 6) is 0.171. The zero-order chi connectivity index (χ0) is 14.3. The molecule has 0 spiro atoms. The number of hydrogen-bond acceptors (Lipinski definition) is 3. The molecule has 2 aromatic rings. The Morgan fingerprint density at radius 3 is 2.65 bits per heavy atom. The van der Waals surface area contributed by atoms with Crippen molar-refractivity contribution in [3.63, 3.8) is 0 Å². The number of hydrogen-bond donors (Lipinski definition) is 1. The van der Waals surface area contributed by atoms with Crippen LogP contribution in [0.5, 0.6) is 0 Å². The number of anilines is 1. The van der Waals surface area contributed by atoms with E-state index in [1.165, 1.54) is 6.42 Å². The predicted molar refractivity (Wildman–Crippen MR) is 85.2 cm³/mol. The predicted octanol–water partition coefficient (Wildman–Crippen LogP) is 3.89. The molecule has 0 bridgehead atoms. The highest BCUT2D eigenvalue weighted by Crippen LogP contribution is 2.31. The molecule has 0 radical (unpaired) electrons. The van der Waals surface area contributed by atoms with Crippen molar-refractivity contribution in [1.29, 1.82) is 0 Å². The van der Waals surface area contributed by atoms with E-state index in [0.29, 0.717) is 12.1 Å². The largest absolute Gasteiger partial charge is 0.399 e. The van der Waals surface area contributed by atoms with Crippen molar-refractivity contribution in [2.45, 2.75) is 45.2 Å². The normalized spacial score (nSPS) is 23.2. The van der Waals surface area contributed by atoms with E-state index in [4.69, 9.17) is 5.73 Å². The molecule has 3 rings (SSSR count). The first-order valence-electron chi connectivity index (χ1n) is 7.18. The molecular formula is C16H20N2OS. The van der Waals surface area contributed by atoms with Crippen molar-refractivity contribution < 1.29 is 4.79 Å². The molecule has 20 heavy (non-hydrogen) atoms. The van der Waals surface area contributed by atoms with Crippen LogP contribution in [0.1, 0.15) is 42.8 Å². The molecule has 2 unspecified atom stereocenters. The minimum Gasteiger partial charge on any atom is -0.399 e. The molecule has 1 aromatic heterocycles. The molecular weight excluding hydrogens is 268 g/mol. The Morgan fingerprint density at radius 1 is 1.25 bits per heavy atom. The second kappa shape index (κ2) is 5.09. The third-order valence-corrected chi connectivity index (χ3v) is 5.28. The lowest BCUT2D eigenvalue weighted by atomic mass is 9.97. The van der Waals surface area contributed by atoms with Gasteiger partial charge < -0.3 is 10.6 Å². The summed E-state index contributed by atoms with van der Waals surface area (Å²) >= 11 is 1.57. The van der Waals surface area contributed by atoms with Crippen LogP contribution in [0.25, 0.3) is 10.1 Å². The van der Waals surface area contributed by atoms with Gasteiger partial charge >= 0.3 is 0 Å². The van der Waals surface area contributed by atoms with Gasteiger partial charge in [0.1, 0.15) is 0 Å². The molecule has 106 valence electrons. The lowest BCUT2D eigenvalue weighted by Crippen LogP contribution is -2.47. The SMILES string of the molecule is CC1CCCC(C)N1C(=O)c1cc2cc(N)ccc2s1. The summed E-state index contributed by atoms with van der Waals surface area (Å²) in [6, 6.07) is 8.47. The first-order chi connectivity index (χ1) is 9.56. The molecule has 2 N–H and O–H groups in total. The highest BCUT2D eigenvalue weighted by molar-refractivity contribution is 7.20. The Kier molecular flexibility index (Phi) is 3.42. The number of benzene rings is 1. The van der Waals surface area contributed by atoms with Gasteiger partial charge in [0.2, 0.25) is 0 Å². The third kappa shape index (κ3) is 2.29. The van der Waals surface area contributed by atoms with Crippen molar-refractivity contribution in [1.82, 2.24) is 4.90 Å². The Balaban J connectivity index is 1.95. The Hall–Kier alpha value is -1.55. The quantitative estimate of drug-likeness (QED) is 0.809. The van der Waals surface area contributed by atoms with Crippen molar-refractivity contribution in [2.24, 2.45) is 0 Å². The van der Waals surface area contributed by atoms with Crippen LogP contribution < -0.4 is 5.73 Å². The molecule has 4 heteroatoms. The Bertz CT molecular complexity index is 639. The highest BCUT2D eigenvalue weighted by Gasteiger charge is 2.30. The summed E-state index contributed by atoms with van der Waals surface area (Å²) in [5.41, 5.74) is 6.55. The van der Waals surface area contributed by atoms with Crippen LogP contribution >= 0.6 is 11.3 Å². The molecule has 1 saturated heterocycles. The summed E-state index contributed by atoms with van der Waals surface area (Å²) in [6.45, 7) is 4.30. The van der Waals surface area contributed by atoms with Gasteiger partial charge in [0.05, 0.1) is 4.88 Å². The molecule has 1 aromatic carbocycles. The number of carbonyl (C=O) groups is 1. The molecule has 2 atom stereocenters. The summed E-state index contributed by atoms with van der Waals surface area (Å²) in [4.78, 5) is 15.7. The molecule has 1 aliphatic rings. The number of likely N-dealkylation sites (tertiary alicyclic amines) is 1. The zero-order valence-corrected chi connectivity index (χ0v) is 12.7. The van der Waals surface area contributed by atoms with E-state index in [1.54, 1.807) is 11.3 Å². The topological polar surface area (TPSA) is 46.3 Å². The fourth-order valence-electron chi connectivity index (χ4n) is 3.12. The average Bonchev–Trinajstić information content (AvgIpc) is 2.81. The van der Waals surface area contributed by atoms with Gasteiger partial charge in [-0.15, -0.1) is 11.3 Å². The number of thiophene rings is 1. The van der Waals surface area contributed by atoms with Crippen LogP contribution in [0.15, 0.2) is 24.3 Å². The Morgan fingerprint density at radius 2 is 1.95 bits per heavy atom. The standard InChI is InChI=1S/C16H20N2OS/c1-10-4-3-5-11(2)18(10)16(19)15-9-12-8-13(17)6-7-14(12)20-15/h6-11H,3-5,17H2,1-2H3. The van der Waals surface area contributed by atoms with Gasteiger partial charge in [-0.2, -0.15) is 0 Å². The molecule has 1 fully saturated rings. The number of fused-ring (bicyclic) bond motifs is 1. The van der Waals surface area contributed by atoms with Crippen molar-refractivity contribution in [3.8, 4) is 0 Å². The molecule has 3 nitrogen and oxygen atoms in total. The van der Waals surface area contributed by atoms with Crippen LogP contribution in [0.2, 0.25) is 0 Å². The first-order valence-corrected chi connectivity index (χ1v) is 7.99. The van der Waals surface area contributed by atoms with E-state index in [9.17, 15) is 4.79 Å². The van der Waals surface area contributed by atoms with Gasteiger partial charge in [-0.3, -0.25) is 4.79 Å². The number of piperidine rings is 1. The fourth-order valence-corrected chi connectivity index (χ4v) is 4.10. The average molecular weight is 288 g/mol. The minimum absolute atomic E-state index is 0.171. The van der Waals surface area contributed by atoms with Gasteiger partial charge in [-0.25, -0.2) is 0 Å². The third-order valence-electron chi connectivity index (χ3n) is 4.18. The van der Waals surface area contributed by atoms with Gasteiger partial charge in [-0.05, 0) is 62.8 Å². The van der Waals surface area contributed by atoms with E-state index in [1.807, 2.05) is 24.3 Å². The van der Waals surface area contributed by atoms with Gasteiger partial charge in [0, 0.05) is 22.5 Å². The number of nitrogens with two attached hydrogens (primary N) is 1. The maximum Gasteiger partial charge on any atom is 0.264 e. The van der Waals surface area contributed by atoms with Gasteiger partial charge in [-0.1, -0.05) is 0 Å². The molecule has 1 amide bonds. The van der Waals surface area contributed by atoms with Crippen molar-refractivity contribution in [2.75, 3.05) is 5.73 Å². The monoisotopic (exact) mass is 288 g/mol. The number of amides is 1. The Labute approximate surface area is 123 Å².